The lowest BCUT2D eigenvalue weighted by atomic mass is 9.60. The van der Waals surface area contributed by atoms with Crippen LogP contribution >= 0.6 is 0 Å². The number of hydrogen-bond donors (Lipinski definition) is 0. The molecule has 5 heteroatoms. The van der Waals surface area contributed by atoms with Crippen LogP contribution in [0.1, 0.15) is 89.2 Å². The van der Waals surface area contributed by atoms with E-state index in [-0.39, 0.29) is 16.8 Å². The molecule has 0 saturated heterocycles. The Morgan fingerprint density at radius 1 is 0.861 bits per heavy atom. The van der Waals surface area contributed by atoms with E-state index in [9.17, 15) is 8.78 Å². The van der Waals surface area contributed by atoms with E-state index in [1.807, 2.05) is 0 Å². The van der Waals surface area contributed by atoms with Crippen LogP contribution in [-0.4, -0.2) is 9.97 Å². The van der Waals surface area contributed by atoms with Crippen molar-refractivity contribution in [1.29, 1.82) is 5.26 Å². The van der Waals surface area contributed by atoms with Crippen molar-refractivity contribution < 1.29 is 8.78 Å². The standard InChI is InChI=1S/C31H35F2N3/c1-3-5-10-25(9-4-2)31(15-7-6-8-16-31)26-13-11-22(12-14-26)24-20-35-30(36-21-24)23-17-28(32)27(19-34)29(33)18-23/h11-14,17-18,20-21,25H,3-10,15-16H2,1-2H3. The van der Waals surface area contributed by atoms with Crippen molar-refractivity contribution >= 4 is 0 Å². The van der Waals surface area contributed by atoms with Gasteiger partial charge in [-0.25, -0.2) is 18.7 Å². The smallest absolute Gasteiger partial charge is 0.159 e. The molecule has 1 heterocycles. The molecule has 1 aromatic heterocycles. The monoisotopic (exact) mass is 487 g/mol. The van der Waals surface area contributed by atoms with Crippen molar-refractivity contribution in [3.05, 3.63) is 71.6 Å². The molecule has 1 saturated carbocycles. The summed E-state index contributed by atoms with van der Waals surface area (Å²) in [6.07, 6.45) is 16.2. The Hall–Kier alpha value is -3.13. The van der Waals surface area contributed by atoms with E-state index in [1.165, 1.54) is 75.8 Å². The number of nitrogens with zero attached hydrogens (tertiary/aromatic N) is 3. The van der Waals surface area contributed by atoms with Crippen molar-refractivity contribution in [1.82, 2.24) is 9.97 Å². The fourth-order valence-electron chi connectivity index (χ4n) is 6.04. The van der Waals surface area contributed by atoms with E-state index < -0.39 is 17.2 Å². The minimum atomic E-state index is -0.910. The first-order chi connectivity index (χ1) is 17.5. The van der Waals surface area contributed by atoms with Crippen LogP contribution in [0.2, 0.25) is 0 Å². The van der Waals surface area contributed by atoms with Crippen molar-refractivity contribution in [3.8, 4) is 28.6 Å². The first-order valence-corrected chi connectivity index (χ1v) is 13.3. The molecule has 4 rings (SSSR count). The molecule has 0 spiro atoms. The lowest BCUT2D eigenvalue weighted by Gasteiger charge is -2.45. The highest BCUT2D eigenvalue weighted by molar-refractivity contribution is 5.64. The average molecular weight is 488 g/mol. The van der Waals surface area contributed by atoms with Gasteiger partial charge in [-0.15, -0.1) is 0 Å². The Kier molecular flexibility index (Phi) is 8.46. The third kappa shape index (κ3) is 5.33. The minimum absolute atomic E-state index is 0.208. The largest absolute Gasteiger partial charge is 0.236 e. The second-order valence-electron chi connectivity index (χ2n) is 10.1. The Balaban J connectivity index is 1.59. The number of unbranched alkanes of at least 4 members (excludes halogenated alkanes) is 1. The maximum Gasteiger partial charge on any atom is 0.159 e. The van der Waals surface area contributed by atoms with Gasteiger partial charge in [0.25, 0.3) is 0 Å². The van der Waals surface area contributed by atoms with Gasteiger partial charge in [0.1, 0.15) is 23.3 Å². The van der Waals surface area contributed by atoms with Crippen LogP contribution in [0, 0.1) is 28.9 Å². The van der Waals surface area contributed by atoms with Gasteiger partial charge in [-0.05, 0) is 60.3 Å². The van der Waals surface area contributed by atoms with Gasteiger partial charge in [-0.1, -0.05) is 76.6 Å². The van der Waals surface area contributed by atoms with Gasteiger partial charge in [-0.2, -0.15) is 5.26 Å². The van der Waals surface area contributed by atoms with E-state index in [0.717, 1.165) is 29.2 Å². The Bertz CT molecular complexity index is 1170. The summed E-state index contributed by atoms with van der Waals surface area (Å²) in [6.45, 7) is 4.59. The Morgan fingerprint density at radius 2 is 1.50 bits per heavy atom. The molecule has 1 atom stereocenters. The molecule has 3 nitrogen and oxygen atoms in total. The average Bonchev–Trinajstić information content (AvgIpc) is 2.91. The van der Waals surface area contributed by atoms with Gasteiger partial charge in [0.2, 0.25) is 0 Å². The molecule has 2 aromatic carbocycles. The van der Waals surface area contributed by atoms with Crippen molar-refractivity contribution in [2.45, 2.75) is 83.5 Å². The van der Waals surface area contributed by atoms with Crippen LogP contribution in [-0.2, 0) is 5.41 Å². The molecule has 1 aliphatic rings. The maximum atomic E-state index is 14.0. The molecule has 36 heavy (non-hydrogen) atoms. The van der Waals surface area contributed by atoms with Crippen LogP contribution in [0.3, 0.4) is 0 Å². The molecule has 0 bridgehead atoms. The SMILES string of the molecule is CCCCC(CCC)C1(c2ccc(-c3cnc(-c4cc(F)c(C#N)c(F)c4)nc3)cc2)CCCCC1. The lowest BCUT2D eigenvalue weighted by Crippen LogP contribution is -2.37. The number of aromatic nitrogens is 2. The van der Waals surface area contributed by atoms with Gasteiger partial charge in [0, 0.05) is 23.5 Å². The van der Waals surface area contributed by atoms with E-state index in [4.69, 9.17) is 5.26 Å². The lowest BCUT2D eigenvalue weighted by molar-refractivity contribution is 0.166. The summed E-state index contributed by atoms with van der Waals surface area (Å²) in [6, 6.07) is 12.7. The molecule has 1 fully saturated rings. The number of nitriles is 1. The van der Waals surface area contributed by atoms with Gasteiger partial charge >= 0.3 is 0 Å². The predicted octanol–water partition coefficient (Wildman–Crippen LogP) is 8.77. The zero-order valence-electron chi connectivity index (χ0n) is 21.4. The zero-order chi connectivity index (χ0) is 25.5. The molecule has 1 unspecified atom stereocenters. The number of hydrogen-bond acceptors (Lipinski definition) is 3. The van der Waals surface area contributed by atoms with E-state index in [1.54, 1.807) is 12.4 Å². The van der Waals surface area contributed by atoms with Crippen LogP contribution < -0.4 is 0 Å². The molecule has 0 amide bonds. The highest BCUT2D eigenvalue weighted by atomic mass is 19.1. The zero-order valence-corrected chi connectivity index (χ0v) is 21.4. The molecular formula is C31H35F2N3. The molecule has 188 valence electrons. The van der Waals surface area contributed by atoms with E-state index in [2.05, 4.69) is 48.1 Å². The summed E-state index contributed by atoms with van der Waals surface area (Å²) >= 11 is 0. The predicted molar refractivity (Wildman–Crippen MR) is 140 cm³/mol. The van der Waals surface area contributed by atoms with Crippen LogP contribution in [0.15, 0.2) is 48.8 Å². The molecule has 0 N–H and O–H groups in total. The van der Waals surface area contributed by atoms with E-state index >= 15 is 0 Å². The summed E-state index contributed by atoms with van der Waals surface area (Å²) in [5, 5.41) is 8.88. The minimum Gasteiger partial charge on any atom is -0.236 e. The van der Waals surface area contributed by atoms with Gasteiger partial charge < -0.3 is 0 Å². The van der Waals surface area contributed by atoms with Crippen molar-refractivity contribution in [2.75, 3.05) is 0 Å². The highest BCUT2D eigenvalue weighted by Gasteiger charge is 2.40. The fraction of sp³-hybridized carbons (Fsp3) is 0.452. The second kappa shape index (κ2) is 11.7. The summed E-state index contributed by atoms with van der Waals surface area (Å²) in [5.41, 5.74) is 3.22. The summed E-state index contributed by atoms with van der Waals surface area (Å²) in [4.78, 5) is 8.70. The summed E-state index contributed by atoms with van der Waals surface area (Å²) in [7, 11) is 0. The molecular weight excluding hydrogens is 452 g/mol. The van der Waals surface area contributed by atoms with Crippen LogP contribution in [0.5, 0.6) is 0 Å². The topological polar surface area (TPSA) is 49.6 Å². The summed E-state index contributed by atoms with van der Waals surface area (Å²) < 4.78 is 28.0. The first kappa shape index (κ1) is 25.9. The van der Waals surface area contributed by atoms with Crippen LogP contribution in [0.25, 0.3) is 22.5 Å². The van der Waals surface area contributed by atoms with Crippen molar-refractivity contribution in [3.63, 3.8) is 0 Å². The molecule has 0 aliphatic heterocycles. The molecule has 0 radical (unpaired) electrons. The third-order valence-corrected chi connectivity index (χ3v) is 7.93. The maximum absolute atomic E-state index is 14.0. The number of benzene rings is 2. The van der Waals surface area contributed by atoms with Crippen molar-refractivity contribution in [2.24, 2.45) is 5.92 Å². The Labute approximate surface area is 213 Å². The van der Waals surface area contributed by atoms with Gasteiger partial charge in [0.15, 0.2) is 5.82 Å². The first-order valence-electron chi connectivity index (χ1n) is 13.3. The quantitative estimate of drug-likeness (QED) is 0.303. The molecule has 3 aromatic rings. The highest BCUT2D eigenvalue weighted by Crippen LogP contribution is 2.49. The van der Waals surface area contributed by atoms with Crippen LogP contribution in [0.4, 0.5) is 8.78 Å². The van der Waals surface area contributed by atoms with Gasteiger partial charge in [0.05, 0.1) is 0 Å². The third-order valence-electron chi connectivity index (χ3n) is 7.93. The number of halogens is 2. The fourth-order valence-corrected chi connectivity index (χ4v) is 6.04. The Morgan fingerprint density at radius 3 is 2.06 bits per heavy atom. The normalized spacial score (nSPS) is 15.9. The number of rotatable bonds is 9. The second-order valence-corrected chi connectivity index (χ2v) is 10.1. The van der Waals surface area contributed by atoms with E-state index in [0.29, 0.717) is 0 Å². The summed E-state index contributed by atoms with van der Waals surface area (Å²) in [5.74, 6) is -0.873. The van der Waals surface area contributed by atoms with Gasteiger partial charge in [-0.3, -0.25) is 0 Å². The molecule has 1 aliphatic carbocycles.